The van der Waals surface area contributed by atoms with Crippen LogP contribution in [0.15, 0.2) is 52.0 Å². The number of anilines is 1. The minimum Gasteiger partial charge on any atom is -0.288 e. The summed E-state index contributed by atoms with van der Waals surface area (Å²) in [6, 6.07) is 11.5. The number of benzene rings is 2. The Hall–Kier alpha value is -2.14. The van der Waals surface area contributed by atoms with Crippen molar-refractivity contribution in [3.05, 3.63) is 52.0 Å². The van der Waals surface area contributed by atoms with Crippen LogP contribution in [0, 0.1) is 0 Å². The lowest BCUT2D eigenvalue weighted by Gasteiger charge is -2.19. The first-order chi connectivity index (χ1) is 10.0. The maximum absolute atomic E-state index is 12.1. The highest BCUT2D eigenvalue weighted by atomic mass is 79.9. The summed E-state index contributed by atoms with van der Waals surface area (Å²) in [5, 5.41) is 3.03. The fourth-order valence-electron chi connectivity index (χ4n) is 2.33. The van der Waals surface area contributed by atoms with Crippen molar-refractivity contribution in [1.82, 2.24) is 5.01 Å². The van der Waals surface area contributed by atoms with Crippen LogP contribution < -0.4 is 5.43 Å². The second-order valence-electron chi connectivity index (χ2n) is 4.95. The number of fused-ring (bicyclic) bond motifs is 1. The second kappa shape index (κ2) is 5.00. The van der Waals surface area contributed by atoms with Gasteiger partial charge < -0.3 is 0 Å². The SMILES string of the molecule is CC1=C(C)C(=O)N(Nc2ccc(Br)c3ccccc23)C1=O. The molecule has 3 rings (SSSR count). The van der Waals surface area contributed by atoms with Crippen molar-refractivity contribution in [1.29, 1.82) is 0 Å². The summed E-state index contributed by atoms with van der Waals surface area (Å²) in [5.41, 5.74) is 4.62. The Morgan fingerprint density at radius 1 is 0.905 bits per heavy atom. The zero-order valence-corrected chi connectivity index (χ0v) is 13.2. The van der Waals surface area contributed by atoms with E-state index in [0.29, 0.717) is 11.1 Å². The van der Waals surface area contributed by atoms with Gasteiger partial charge in [0, 0.05) is 21.0 Å². The summed E-state index contributed by atoms with van der Waals surface area (Å²) >= 11 is 3.50. The van der Waals surface area contributed by atoms with Gasteiger partial charge in [-0.25, -0.2) is 0 Å². The normalized spacial score (nSPS) is 15.3. The number of carbonyl (C=O) groups excluding carboxylic acids is 2. The average Bonchev–Trinajstić information content (AvgIpc) is 2.68. The second-order valence-corrected chi connectivity index (χ2v) is 5.80. The van der Waals surface area contributed by atoms with Crippen LogP contribution in [0.1, 0.15) is 13.8 Å². The van der Waals surface area contributed by atoms with E-state index >= 15 is 0 Å². The van der Waals surface area contributed by atoms with E-state index in [1.807, 2.05) is 36.4 Å². The molecule has 1 aliphatic heterocycles. The van der Waals surface area contributed by atoms with Crippen molar-refractivity contribution in [2.75, 3.05) is 5.43 Å². The molecule has 2 amide bonds. The van der Waals surface area contributed by atoms with Crippen LogP contribution in [0.3, 0.4) is 0 Å². The van der Waals surface area contributed by atoms with Gasteiger partial charge >= 0.3 is 0 Å². The maximum Gasteiger partial charge on any atom is 0.275 e. The summed E-state index contributed by atoms with van der Waals surface area (Å²) in [4.78, 5) is 24.2. The molecule has 5 heteroatoms. The molecule has 0 fully saturated rings. The van der Waals surface area contributed by atoms with Crippen molar-refractivity contribution in [3.8, 4) is 0 Å². The molecule has 0 bridgehead atoms. The van der Waals surface area contributed by atoms with Gasteiger partial charge in [-0.3, -0.25) is 15.0 Å². The lowest BCUT2D eigenvalue weighted by Crippen LogP contribution is -2.36. The molecule has 0 unspecified atom stereocenters. The molecule has 21 heavy (non-hydrogen) atoms. The van der Waals surface area contributed by atoms with Crippen LogP contribution >= 0.6 is 15.9 Å². The van der Waals surface area contributed by atoms with Crippen LogP contribution in [-0.4, -0.2) is 16.8 Å². The molecule has 0 spiro atoms. The third-order valence-electron chi connectivity index (χ3n) is 3.71. The Labute approximate surface area is 130 Å². The Morgan fingerprint density at radius 2 is 1.48 bits per heavy atom. The predicted octanol–water partition coefficient (Wildman–Crippen LogP) is 3.63. The van der Waals surface area contributed by atoms with E-state index in [1.165, 1.54) is 0 Å². The van der Waals surface area contributed by atoms with Crippen molar-refractivity contribution in [2.24, 2.45) is 0 Å². The lowest BCUT2D eigenvalue weighted by molar-refractivity contribution is -0.135. The summed E-state index contributed by atoms with van der Waals surface area (Å²) in [6.07, 6.45) is 0. The maximum atomic E-state index is 12.1. The molecule has 0 saturated heterocycles. The zero-order chi connectivity index (χ0) is 15.1. The van der Waals surface area contributed by atoms with E-state index in [4.69, 9.17) is 0 Å². The van der Waals surface area contributed by atoms with Crippen molar-refractivity contribution >= 4 is 44.2 Å². The van der Waals surface area contributed by atoms with E-state index in [9.17, 15) is 9.59 Å². The molecule has 0 atom stereocenters. The molecule has 4 nitrogen and oxygen atoms in total. The molecule has 0 radical (unpaired) electrons. The quantitative estimate of drug-likeness (QED) is 0.846. The van der Waals surface area contributed by atoms with Gasteiger partial charge in [0.25, 0.3) is 11.8 Å². The number of rotatable bonds is 2. The van der Waals surface area contributed by atoms with E-state index in [0.717, 1.165) is 25.9 Å². The topological polar surface area (TPSA) is 49.4 Å². The highest BCUT2D eigenvalue weighted by Crippen LogP contribution is 2.31. The Balaban J connectivity index is 2.03. The monoisotopic (exact) mass is 344 g/mol. The number of imide groups is 1. The van der Waals surface area contributed by atoms with Crippen LogP contribution in [0.2, 0.25) is 0 Å². The number of hydrazine groups is 1. The highest BCUT2D eigenvalue weighted by molar-refractivity contribution is 9.10. The number of halogens is 1. The van der Waals surface area contributed by atoms with Crippen LogP contribution in [-0.2, 0) is 9.59 Å². The smallest absolute Gasteiger partial charge is 0.275 e. The van der Waals surface area contributed by atoms with Crippen LogP contribution in [0.25, 0.3) is 10.8 Å². The summed E-state index contributed by atoms with van der Waals surface area (Å²) in [6.45, 7) is 3.33. The molecule has 2 aromatic carbocycles. The third kappa shape index (κ3) is 2.14. The first-order valence-electron chi connectivity index (χ1n) is 6.51. The molecule has 1 aliphatic rings. The van der Waals surface area contributed by atoms with E-state index < -0.39 is 0 Å². The minimum absolute atomic E-state index is 0.301. The van der Waals surface area contributed by atoms with Gasteiger partial charge in [0.2, 0.25) is 0 Å². The molecule has 0 aromatic heterocycles. The first kappa shape index (κ1) is 13.8. The molecule has 1 heterocycles. The lowest BCUT2D eigenvalue weighted by atomic mass is 10.1. The Bertz CT molecular complexity index is 787. The number of amides is 2. The van der Waals surface area contributed by atoms with Gasteiger partial charge in [0.05, 0.1) is 5.69 Å². The molecular weight excluding hydrogens is 332 g/mol. The predicted molar refractivity (Wildman–Crippen MR) is 85.5 cm³/mol. The van der Waals surface area contributed by atoms with Gasteiger partial charge in [0.1, 0.15) is 0 Å². The number of carbonyl (C=O) groups is 2. The van der Waals surface area contributed by atoms with Gasteiger partial charge in [-0.15, -0.1) is 0 Å². The number of hydrogen-bond acceptors (Lipinski definition) is 3. The van der Waals surface area contributed by atoms with Crippen LogP contribution in [0.5, 0.6) is 0 Å². The molecular formula is C16H13BrN2O2. The third-order valence-corrected chi connectivity index (χ3v) is 4.40. The van der Waals surface area contributed by atoms with Crippen molar-refractivity contribution in [2.45, 2.75) is 13.8 Å². The number of nitrogens with one attached hydrogen (secondary N) is 1. The van der Waals surface area contributed by atoms with Gasteiger partial charge in [0.15, 0.2) is 0 Å². The summed E-state index contributed by atoms with van der Waals surface area (Å²) < 4.78 is 0.966. The Kier molecular flexibility index (Phi) is 3.29. The largest absolute Gasteiger partial charge is 0.288 e. The summed E-state index contributed by atoms with van der Waals surface area (Å²) in [5.74, 6) is -0.603. The minimum atomic E-state index is -0.301. The average molecular weight is 345 g/mol. The number of nitrogens with zero attached hydrogens (tertiary/aromatic N) is 1. The zero-order valence-electron chi connectivity index (χ0n) is 11.6. The summed E-state index contributed by atoms with van der Waals surface area (Å²) in [7, 11) is 0. The number of hydrogen-bond donors (Lipinski definition) is 1. The molecule has 106 valence electrons. The van der Waals surface area contributed by atoms with Gasteiger partial charge in [-0.1, -0.05) is 40.2 Å². The highest BCUT2D eigenvalue weighted by Gasteiger charge is 2.33. The molecule has 1 N–H and O–H groups in total. The van der Waals surface area contributed by atoms with E-state index in [-0.39, 0.29) is 11.8 Å². The Morgan fingerprint density at radius 3 is 2.10 bits per heavy atom. The van der Waals surface area contributed by atoms with E-state index in [1.54, 1.807) is 13.8 Å². The van der Waals surface area contributed by atoms with E-state index in [2.05, 4.69) is 21.4 Å². The van der Waals surface area contributed by atoms with Crippen molar-refractivity contribution < 1.29 is 9.59 Å². The van der Waals surface area contributed by atoms with Gasteiger partial charge in [-0.2, -0.15) is 5.01 Å². The van der Waals surface area contributed by atoms with Gasteiger partial charge in [-0.05, 0) is 31.4 Å². The van der Waals surface area contributed by atoms with Crippen LogP contribution in [0.4, 0.5) is 5.69 Å². The fraction of sp³-hybridized carbons (Fsp3) is 0.125. The van der Waals surface area contributed by atoms with Crippen molar-refractivity contribution in [3.63, 3.8) is 0 Å². The first-order valence-corrected chi connectivity index (χ1v) is 7.30. The standard InChI is InChI=1S/C16H13BrN2O2/c1-9-10(2)16(21)19(15(9)20)18-14-8-7-13(17)11-5-3-4-6-12(11)14/h3-8,18H,1-2H3. The molecule has 0 saturated carbocycles. The molecule has 0 aliphatic carbocycles. The molecule has 2 aromatic rings. The fourth-order valence-corrected chi connectivity index (χ4v) is 2.81.